The van der Waals surface area contributed by atoms with Crippen LogP contribution in [0.5, 0.6) is 0 Å². The second kappa shape index (κ2) is 9.43. The molecule has 0 fully saturated rings. The Morgan fingerprint density at radius 3 is 2.19 bits per heavy atom. The summed E-state index contributed by atoms with van der Waals surface area (Å²) in [4.78, 5) is 28.2. The van der Waals surface area contributed by atoms with Crippen molar-refractivity contribution in [1.29, 1.82) is 0 Å². The molecule has 0 aliphatic carbocycles. The molecule has 1 aliphatic rings. The molecule has 0 radical (unpaired) electrons. The first-order valence-electron chi connectivity index (χ1n) is 11.6. The predicted octanol–water partition coefficient (Wildman–Crippen LogP) is 5.17. The number of amides is 2. The predicted molar refractivity (Wildman–Crippen MR) is 138 cm³/mol. The highest BCUT2D eigenvalue weighted by molar-refractivity contribution is 7.91. The van der Waals surface area contributed by atoms with Crippen molar-refractivity contribution >= 4 is 27.3 Å². The van der Waals surface area contributed by atoms with Crippen LogP contribution < -0.4 is 10.2 Å². The number of benzene rings is 4. The highest BCUT2D eigenvalue weighted by atomic mass is 32.2. The molecule has 2 amide bonds. The second-order valence-electron chi connectivity index (χ2n) is 8.66. The average Bonchev–Trinajstić information content (AvgIpc) is 2.97. The van der Waals surface area contributed by atoms with Crippen molar-refractivity contribution in [1.82, 2.24) is 5.32 Å². The number of nitrogens with zero attached hydrogens (tertiary/aromatic N) is 1. The summed E-state index contributed by atoms with van der Waals surface area (Å²) in [6.45, 7) is 2.03. The second-order valence-corrected chi connectivity index (χ2v) is 10.6. The number of carbonyl (C=O) groups excluding carboxylic acids is 2. The molecule has 5 rings (SSSR count). The van der Waals surface area contributed by atoms with E-state index in [1.807, 2.05) is 67.6 Å². The molecule has 6 nitrogen and oxygen atoms in total. The Bertz CT molecular complexity index is 1550. The number of carbonyl (C=O) groups is 2. The Kier molecular flexibility index (Phi) is 6.16. The van der Waals surface area contributed by atoms with Gasteiger partial charge < -0.3 is 10.2 Å². The molecule has 0 saturated carbocycles. The van der Waals surface area contributed by atoms with Gasteiger partial charge in [0.15, 0.2) is 0 Å². The van der Waals surface area contributed by atoms with Gasteiger partial charge in [0.2, 0.25) is 9.84 Å². The third-order valence-electron chi connectivity index (χ3n) is 6.28. The molecule has 0 aromatic heterocycles. The van der Waals surface area contributed by atoms with Crippen LogP contribution in [0.15, 0.2) is 113 Å². The fourth-order valence-electron chi connectivity index (χ4n) is 4.38. The van der Waals surface area contributed by atoms with E-state index >= 15 is 0 Å². The molecule has 0 unspecified atom stereocenters. The van der Waals surface area contributed by atoms with Gasteiger partial charge in [-0.05, 0) is 48.4 Å². The lowest BCUT2D eigenvalue weighted by Crippen LogP contribution is -2.31. The highest BCUT2D eigenvalue weighted by Crippen LogP contribution is 2.38. The van der Waals surface area contributed by atoms with Crippen LogP contribution in [0.2, 0.25) is 0 Å². The van der Waals surface area contributed by atoms with Crippen molar-refractivity contribution in [3.63, 3.8) is 0 Å². The molecule has 0 bridgehead atoms. The van der Waals surface area contributed by atoms with E-state index in [9.17, 15) is 18.0 Å². The van der Waals surface area contributed by atoms with Gasteiger partial charge in [0.05, 0.1) is 33.6 Å². The molecule has 0 saturated heterocycles. The minimum atomic E-state index is -4.00. The standard InChI is InChI=1S/C29H24N2O4S/c1-20(22-12-6-3-7-13-22)30-28(32)23-16-17-27-25(18-23)31(19-21-10-4-2-5-11-21)29(33)24-14-8-9-15-26(24)36(27,34)35/h2-18,20H,19H2,1H3,(H,30,32)/t20-/m0/s1. The summed E-state index contributed by atoms with van der Waals surface area (Å²) in [5, 5.41) is 2.96. The number of hydrogen-bond donors (Lipinski definition) is 1. The first-order valence-corrected chi connectivity index (χ1v) is 13.0. The molecule has 1 aliphatic heterocycles. The van der Waals surface area contributed by atoms with E-state index in [1.54, 1.807) is 12.1 Å². The normalized spacial score (nSPS) is 14.8. The number of fused-ring (bicyclic) bond motifs is 2. The van der Waals surface area contributed by atoms with E-state index in [1.165, 1.54) is 35.2 Å². The zero-order chi connectivity index (χ0) is 25.3. The van der Waals surface area contributed by atoms with E-state index in [0.29, 0.717) is 0 Å². The number of hydrogen-bond acceptors (Lipinski definition) is 4. The molecule has 7 heteroatoms. The Labute approximate surface area is 210 Å². The maximum absolute atomic E-state index is 13.7. The van der Waals surface area contributed by atoms with Crippen LogP contribution in [-0.2, 0) is 16.4 Å². The van der Waals surface area contributed by atoms with Crippen LogP contribution in [0, 0.1) is 0 Å². The smallest absolute Gasteiger partial charge is 0.259 e. The maximum Gasteiger partial charge on any atom is 0.259 e. The molecule has 0 spiro atoms. The lowest BCUT2D eigenvalue weighted by molar-refractivity contribution is 0.0937. The number of nitrogens with one attached hydrogen (secondary N) is 1. The van der Waals surface area contributed by atoms with Gasteiger partial charge in [-0.1, -0.05) is 72.8 Å². The molecule has 180 valence electrons. The summed E-state index contributed by atoms with van der Waals surface area (Å²) >= 11 is 0. The molecule has 1 heterocycles. The lowest BCUT2D eigenvalue weighted by Gasteiger charge is -2.24. The Hall–Kier alpha value is -4.23. The summed E-state index contributed by atoms with van der Waals surface area (Å²) in [6.07, 6.45) is 0. The van der Waals surface area contributed by atoms with E-state index in [-0.39, 0.29) is 45.1 Å². The minimum Gasteiger partial charge on any atom is -0.346 e. The Morgan fingerprint density at radius 2 is 1.47 bits per heavy atom. The topological polar surface area (TPSA) is 83.6 Å². The first-order chi connectivity index (χ1) is 17.4. The summed E-state index contributed by atoms with van der Waals surface area (Å²) in [6, 6.07) is 29.2. The van der Waals surface area contributed by atoms with Crippen LogP contribution in [0.25, 0.3) is 0 Å². The molecular formula is C29H24N2O4S. The maximum atomic E-state index is 13.7. The Morgan fingerprint density at radius 1 is 0.833 bits per heavy atom. The third kappa shape index (κ3) is 4.29. The van der Waals surface area contributed by atoms with Crippen LogP contribution in [0.4, 0.5) is 5.69 Å². The van der Waals surface area contributed by atoms with Gasteiger partial charge in [-0.2, -0.15) is 0 Å². The zero-order valence-electron chi connectivity index (χ0n) is 19.6. The monoisotopic (exact) mass is 496 g/mol. The molecule has 4 aromatic carbocycles. The fourth-order valence-corrected chi connectivity index (χ4v) is 6.01. The van der Waals surface area contributed by atoms with Crippen LogP contribution in [0.1, 0.15) is 44.8 Å². The van der Waals surface area contributed by atoms with Gasteiger partial charge in [0.1, 0.15) is 0 Å². The van der Waals surface area contributed by atoms with Gasteiger partial charge >= 0.3 is 0 Å². The van der Waals surface area contributed by atoms with Crippen molar-refractivity contribution < 1.29 is 18.0 Å². The number of sulfone groups is 1. The summed E-state index contributed by atoms with van der Waals surface area (Å²) in [5.74, 6) is -0.799. The number of anilines is 1. The van der Waals surface area contributed by atoms with Crippen LogP contribution in [0.3, 0.4) is 0 Å². The van der Waals surface area contributed by atoms with Gasteiger partial charge in [0, 0.05) is 5.56 Å². The molecule has 1 N–H and O–H groups in total. The van der Waals surface area contributed by atoms with Gasteiger partial charge in [-0.15, -0.1) is 0 Å². The third-order valence-corrected chi connectivity index (χ3v) is 8.14. The summed E-state index contributed by atoms with van der Waals surface area (Å²) < 4.78 is 27.2. The van der Waals surface area contributed by atoms with Crippen LogP contribution >= 0.6 is 0 Å². The first kappa shape index (κ1) is 23.5. The Balaban J connectivity index is 1.60. The molecular weight excluding hydrogens is 472 g/mol. The van der Waals surface area contributed by atoms with Crippen molar-refractivity contribution in [2.45, 2.75) is 29.3 Å². The zero-order valence-corrected chi connectivity index (χ0v) is 20.4. The molecule has 36 heavy (non-hydrogen) atoms. The average molecular weight is 497 g/mol. The summed E-state index contributed by atoms with van der Waals surface area (Å²) in [7, 11) is -4.00. The van der Waals surface area contributed by atoms with E-state index in [4.69, 9.17) is 0 Å². The van der Waals surface area contributed by atoms with Crippen molar-refractivity contribution in [3.8, 4) is 0 Å². The van der Waals surface area contributed by atoms with Crippen molar-refractivity contribution in [2.75, 3.05) is 4.90 Å². The lowest BCUT2D eigenvalue weighted by atomic mass is 10.1. The van der Waals surface area contributed by atoms with Gasteiger partial charge in [-0.3, -0.25) is 9.59 Å². The molecule has 4 aromatic rings. The number of rotatable bonds is 5. The van der Waals surface area contributed by atoms with Crippen molar-refractivity contribution in [2.24, 2.45) is 0 Å². The largest absolute Gasteiger partial charge is 0.346 e. The van der Waals surface area contributed by atoms with E-state index in [0.717, 1.165) is 11.1 Å². The molecule has 1 atom stereocenters. The van der Waals surface area contributed by atoms with E-state index in [2.05, 4.69) is 5.32 Å². The van der Waals surface area contributed by atoms with E-state index < -0.39 is 15.7 Å². The minimum absolute atomic E-state index is 0.00983. The SMILES string of the molecule is C[C@H](NC(=O)c1ccc2c(c1)N(Cc1ccccc1)C(=O)c1ccccc1S2(=O)=O)c1ccccc1. The van der Waals surface area contributed by atoms with Crippen molar-refractivity contribution in [3.05, 3.63) is 125 Å². The fraction of sp³-hybridized carbons (Fsp3) is 0.103. The highest BCUT2D eigenvalue weighted by Gasteiger charge is 2.36. The van der Waals surface area contributed by atoms with Gasteiger partial charge in [-0.25, -0.2) is 8.42 Å². The van der Waals surface area contributed by atoms with Gasteiger partial charge in [0.25, 0.3) is 11.8 Å². The van der Waals surface area contributed by atoms with Crippen LogP contribution in [-0.4, -0.2) is 20.2 Å². The summed E-state index contributed by atoms with van der Waals surface area (Å²) in [5.41, 5.74) is 2.33. The quantitative estimate of drug-likeness (QED) is 0.413.